The summed E-state index contributed by atoms with van der Waals surface area (Å²) in [6.07, 6.45) is 3.05. The molecule has 1 saturated heterocycles. The number of alkyl halides is 2. The maximum atomic E-state index is 13.2. The Kier molecular flexibility index (Phi) is 2.99. The van der Waals surface area contributed by atoms with E-state index in [-0.39, 0.29) is 0 Å². The number of hydrogen-bond donors (Lipinski definition) is 0. The summed E-state index contributed by atoms with van der Waals surface area (Å²) in [5, 5.41) is 0. The number of hydrogen-bond acceptors (Lipinski definition) is 2. The molecule has 2 atom stereocenters. The fourth-order valence-corrected chi connectivity index (χ4v) is 3.19. The number of anilines is 1. The van der Waals surface area contributed by atoms with Gasteiger partial charge in [-0.1, -0.05) is 26.3 Å². The SMILES string of the molecule is CCCc1ccc(N2CC3C(C2)C3(F)F)nc1CC. The first-order chi connectivity index (χ1) is 9.07. The molecule has 0 amide bonds. The minimum absolute atomic E-state index is 0.435. The van der Waals surface area contributed by atoms with Crippen LogP contribution in [-0.2, 0) is 12.8 Å². The molecular weight excluding hydrogens is 246 g/mol. The smallest absolute Gasteiger partial charge is 0.258 e. The van der Waals surface area contributed by atoms with Gasteiger partial charge in [0.05, 0.1) is 11.8 Å². The summed E-state index contributed by atoms with van der Waals surface area (Å²) in [5.74, 6) is -2.41. The number of piperidine rings is 1. The van der Waals surface area contributed by atoms with E-state index in [4.69, 9.17) is 0 Å². The lowest BCUT2D eigenvalue weighted by molar-refractivity contribution is 0.0797. The van der Waals surface area contributed by atoms with E-state index in [9.17, 15) is 8.78 Å². The van der Waals surface area contributed by atoms with Gasteiger partial charge >= 0.3 is 0 Å². The van der Waals surface area contributed by atoms with Crippen LogP contribution in [-0.4, -0.2) is 24.0 Å². The molecule has 0 bridgehead atoms. The van der Waals surface area contributed by atoms with Gasteiger partial charge in [0.15, 0.2) is 0 Å². The zero-order chi connectivity index (χ0) is 13.6. The highest BCUT2D eigenvalue weighted by Crippen LogP contribution is 2.59. The number of aromatic nitrogens is 1. The number of rotatable bonds is 4. The topological polar surface area (TPSA) is 16.1 Å². The van der Waals surface area contributed by atoms with Crippen molar-refractivity contribution < 1.29 is 8.78 Å². The average Bonchev–Trinajstić information content (AvgIpc) is 2.81. The van der Waals surface area contributed by atoms with Crippen molar-refractivity contribution in [3.05, 3.63) is 23.4 Å². The van der Waals surface area contributed by atoms with E-state index in [2.05, 4.69) is 24.9 Å². The molecule has 0 radical (unpaired) electrons. The van der Waals surface area contributed by atoms with Gasteiger partial charge < -0.3 is 4.90 Å². The third kappa shape index (κ3) is 2.01. The molecule has 0 N–H and O–H groups in total. The van der Waals surface area contributed by atoms with E-state index in [1.54, 1.807) is 0 Å². The van der Waals surface area contributed by atoms with Crippen LogP contribution < -0.4 is 4.90 Å². The normalized spacial score (nSPS) is 27.5. The molecule has 2 heterocycles. The number of fused-ring (bicyclic) bond motifs is 1. The van der Waals surface area contributed by atoms with Gasteiger partial charge in [-0.3, -0.25) is 0 Å². The Morgan fingerprint density at radius 2 is 1.95 bits per heavy atom. The van der Waals surface area contributed by atoms with Crippen molar-refractivity contribution >= 4 is 5.82 Å². The molecule has 3 rings (SSSR count). The van der Waals surface area contributed by atoms with Crippen molar-refractivity contribution in [3.63, 3.8) is 0 Å². The van der Waals surface area contributed by atoms with Crippen molar-refractivity contribution in [2.75, 3.05) is 18.0 Å². The Balaban J connectivity index is 1.76. The number of nitrogens with zero attached hydrogens (tertiary/aromatic N) is 2. The quantitative estimate of drug-likeness (QED) is 0.831. The van der Waals surface area contributed by atoms with Crippen LogP contribution in [0.15, 0.2) is 12.1 Å². The average molecular weight is 266 g/mol. The van der Waals surface area contributed by atoms with E-state index < -0.39 is 17.8 Å². The Morgan fingerprint density at radius 1 is 1.26 bits per heavy atom. The Bertz CT molecular complexity index is 473. The molecule has 2 aliphatic rings. The lowest BCUT2D eigenvalue weighted by Gasteiger charge is -2.22. The van der Waals surface area contributed by atoms with Crippen LogP contribution in [0, 0.1) is 11.8 Å². The molecular formula is C15H20F2N2. The fraction of sp³-hybridized carbons (Fsp3) is 0.667. The molecule has 1 aromatic heterocycles. The van der Waals surface area contributed by atoms with E-state index in [1.165, 1.54) is 5.56 Å². The maximum absolute atomic E-state index is 13.2. The molecule has 2 nitrogen and oxygen atoms in total. The molecule has 1 aromatic rings. The molecule has 4 heteroatoms. The largest absolute Gasteiger partial charge is 0.356 e. The summed E-state index contributed by atoms with van der Waals surface area (Å²) < 4.78 is 26.4. The van der Waals surface area contributed by atoms with Crippen LogP contribution in [0.25, 0.3) is 0 Å². The van der Waals surface area contributed by atoms with Crippen molar-refractivity contribution in [1.29, 1.82) is 0 Å². The van der Waals surface area contributed by atoms with Crippen LogP contribution >= 0.6 is 0 Å². The molecule has 1 aliphatic carbocycles. The van der Waals surface area contributed by atoms with Gasteiger partial charge in [-0.05, 0) is 24.5 Å². The van der Waals surface area contributed by atoms with Crippen LogP contribution in [0.1, 0.15) is 31.5 Å². The van der Waals surface area contributed by atoms with Crippen molar-refractivity contribution in [1.82, 2.24) is 4.98 Å². The van der Waals surface area contributed by atoms with Gasteiger partial charge in [-0.25, -0.2) is 13.8 Å². The highest BCUT2D eigenvalue weighted by Gasteiger charge is 2.71. The lowest BCUT2D eigenvalue weighted by atomic mass is 10.1. The predicted molar refractivity (Wildman–Crippen MR) is 71.8 cm³/mol. The van der Waals surface area contributed by atoms with Crippen molar-refractivity contribution in [2.45, 2.75) is 39.0 Å². The first-order valence-electron chi connectivity index (χ1n) is 7.19. The van der Waals surface area contributed by atoms with Crippen molar-refractivity contribution in [2.24, 2.45) is 11.8 Å². The summed E-state index contributed by atoms with van der Waals surface area (Å²) in [5.41, 5.74) is 2.41. The summed E-state index contributed by atoms with van der Waals surface area (Å²) in [6.45, 7) is 5.17. The van der Waals surface area contributed by atoms with Crippen molar-refractivity contribution in [3.8, 4) is 0 Å². The zero-order valence-electron chi connectivity index (χ0n) is 11.5. The lowest BCUT2D eigenvalue weighted by Crippen LogP contribution is -2.28. The van der Waals surface area contributed by atoms with Crippen LogP contribution in [0.4, 0.5) is 14.6 Å². The fourth-order valence-electron chi connectivity index (χ4n) is 3.19. The second kappa shape index (κ2) is 4.43. The van der Waals surface area contributed by atoms with Gasteiger partial charge in [0, 0.05) is 18.8 Å². The second-order valence-electron chi connectivity index (χ2n) is 5.67. The monoisotopic (exact) mass is 266 g/mol. The third-order valence-electron chi connectivity index (χ3n) is 4.43. The molecule has 0 aromatic carbocycles. The molecule has 1 saturated carbocycles. The molecule has 1 aliphatic heterocycles. The molecule has 2 fully saturated rings. The summed E-state index contributed by atoms with van der Waals surface area (Å²) in [6, 6.07) is 4.11. The maximum Gasteiger partial charge on any atom is 0.258 e. The summed E-state index contributed by atoms with van der Waals surface area (Å²) in [4.78, 5) is 6.69. The highest BCUT2D eigenvalue weighted by molar-refractivity contribution is 5.45. The summed E-state index contributed by atoms with van der Waals surface area (Å²) in [7, 11) is 0. The minimum atomic E-state index is -2.41. The third-order valence-corrected chi connectivity index (χ3v) is 4.43. The van der Waals surface area contributed by atoms with Gasteiger partial charge in [0.1, 0.15) is 5.82 Å². The van der Waals surface area contributed by atoms with Crippen LogP contribution in [0.2, 0.25) is 0 Å². The Hall–Kier alpha value is -1.19. The highest BCUT2D eigenvalue weighted by atomic mass is 19.3. The van der Waals surface area contributed by atoms with Crippen LogP contribution in [0.3, 0.4) is 0 Å². The number of halogens is 2. The van der Waals surface area contributed by atoms with E-state index >= 15 is 0 Å². The summed E-state index contributed by atoms with van der Waals surface area (Å²) >= 11 is 0. The van der Waals surface area contributed by atoms with E-state index in [0.717, 1.165) is 30.8 Å². The first kappa shape index (κ1) is 12.8. The zero-order valence-corrected chi connectivity index (χ0v) is 11.5. The predicted octanol–water partition coefficient (Wildman–Crippen LogP) is 3.30. The number of aryl methyl sites for hydroxylation is 2. The minimum Gasteiger partial charge on any atom is -0.356 e. The first-order valence-corrected chi connectivity index (χ1v) is 7.19. The molecule has 19 heavy (non-hydrogen) atoms. The van der Waals surface area contributed by atoms with Gasteiger partial charge in [0.25, 0.3) is 5.92 Å². The molecule has 104 valence electrons. The van der Waals surface area contributed by atoms with Gasteiger partial charge in [-0.15, -0.1) is 0 Å². The Morgan fingerprint density at radius 3 is 2.53 bits per heavy atom. The second-order valence-corrected chi connectivity index (χ2v) is 5.67. The number of pyridine rings is 1. The Labute approximate surface area is 112 Å². The van der Waals surface area contributed by atoms with E-state index in [1.807, 2.05) is 11.0 Å². The molecule has 2 unspecified atom stereocenters. The molecule has 0 spiro atoms. The standard InChI is InChI=1S/C15H20F2N2/c1-3-5-10-6-7-14(18-13(10)4-2)19-8-11-12(9-19)15(11,16)17/h6-7,11-12H,3-5,8-9H2,1-2H3. The van der Waals surface area contributed by atoms with Crippen LogP contribution in [0.5, 0.6) is 0 Å². The van der Waals surface area contributed by atoms with E-state index in [0.29, 0.717) is 13.1 Å². The van der Waals surface area contributed by atoms with Gasteiger partial charge in [0.2, 0.25) is 0 Å². The van der Waals surface area contributed by atoms with Gasteiger partial charge in [-0.2, -0.15) is 0 Å².